The van der Waals surface area contributed by atoms with Crippen molar-refractivity contribution in [2.45, 2.75) is 20.8 Å². The molecule has 3 aromatic carbocycles. The van der Waals surface area contributed by atoms with Crippen LogP contribution in [0.4, 0.5) is 17.1 Å². The van der Waals surface area contributed by atoms with E-state index in [-0.39, 0.29) is 0 Å². The Bertz CT molecular complexity index is 1140. The molecular formula is C26H25N3. The number of para-hydroxylation sites is 1. The quantitative estimate of drug-likeness (QED) is 0.376. The number of benzene rings is 3. The van der Waals surface area contributed by atoms with Crippen LogP contribution in [0.3, 0.4) is 0 Å². The highest BCUT2D eigenvalue weighted by Crippen LogP contribution is 2.23. The third-order valence-corrected chi connectivity index (χ3v) is 5.01. The molecule has 144 valence electrons. The maximum absolute atomic E-state index is 4.69. The fourth-order valence-electron chi connectivity index (χ4n) is 3.55. The molecule has 0 spiro atoms. The lowest BCUT2D eigenvalue weighted by Gasteiger charge is -2.10. The molecule has 29 heavy (non-hydrogen) atoms. The molecule has 3 nitrogen and oxygen atoms in total. The van der Waals surface area contributed by atoms with Crippen molar-refractivity contribution in [1.82, 2.24) is 4.57 Å². The van der Waals surface area contributed by atoms with Gasteiger partial charge >= 0.3 is 0 Å². The summed E-state index contributed by atoms with van der Waals surface area (Å²) in [5, 5.41) is 3.39. The Hall–Kier alpha value is -3.59. The van der Waals surface area contributed by atoms with E-state index >= 15 is 0 Å². The van der Waals surface area contributed by atoms with Crippen LogP contribution in [-0.4, -0.2) is 10.8 Å². The largest absolute Gasteiger partial charge is 0.356 e. The number of aryl methyl sites for hydroxylation is 2. The van der Waals surface area contributed by atoms with Gasteiger partial charge in [-0.1, -0.05) is 30.3 Å². The number of aliphatic imine (C=N–C) groups is 1. The second-order valence-corrected chi connectivity index (χ2v) is 7.30. The number of aromatic nitrogens is 1. The van der Waals surface area contributed by atoms with E-state index < -0.39 is 0 Å². The highest BCUT2D eigenvalue weighted by molar-refractivity contribution is 5.84. The number of hydrogen-bond acceptors (Lipinski definition) is 2. The Labute approximate surface area is 172 Å². The molecule has 1 heterocycles. The van der Waals surface area contributed by atoms with Crippen molar-refractivity contribution in [2.24, 2.45) is 4.99 Å². The van der Waals surface area contributed by atoms with Crippen molar-refractivity contribution in [2.75, 3.05) is 5.32 Å². The van der Waals surface area contributed by atoms with E-state index in [0.717, 1.165) is 22.6 Å². The van der Waals surface area contributed by atoms with Gasteiger partial charge < -0.3 is 9.88 Å². The minimum absolute atomic E-state index is 0.934. The zero-order chi connectivity index (χ0) is 20.2. The molecule has 0 bridgehead atoms. The first-order valence-electron chi connectivity index (χ1n) is 9.82. The summed E-state index contributed by atoms with van der Waals surface area (Å²) in [6.45, 7) is 6.40. The highest BCUT2D eigenvalue weighted by Gasteiger charge is 2.09. The molecule has 0 aliphatic carbocycles. The van der Waals surface area contributed by atoms with Crippen LogP contribution < -0.4 is 5.32 Å². The van der Waals surface area contributed by atoms with Crippen LogP contribution in [0.15, 0.2) is 89.9 Å². The standard InChI is InChI=1S/C26H25N3/c1-19-8-7-11-26(16-19)29-20(2)17-22(21(29)3)18-27-23-12-14-25(15-13-23)28-24-9-5-4-6-10-24/h4-18,28H,1-3H3. The third kappa shape index (κ3) is 4.30. The van der Waals surface area contributed by atoms with Gasteiger partial charge in [0.1, 0.15) is 0 Å². The van der Waals surface area contributed by atoms with Gasteiger partial charge in [0.05, 0.1) is 5.69 Å². The van der Waals surface area contributed by atoms with Gasteiger partial charge in [-0.3, -0.25) is 4.99 Å². The summed E-state index contributed by atoms with van der Waals surface area (Å²) in [7, 11) is 0. The van der Waals surface area contributed by atoms with E-state index in [0.29, 0.717) is 0 Å². The minimum Gasteiger partial charge on any atom is -0.356 e. The summed E-state index contributed by atoms with van der Waals surface area (Å²) in [4.78, 5) is 4.69. The second kappa shape index (κ2) is 8.19. The number of anilines is 2. The fraction of sp³-hybridized carbons (Fsp3) is 0.115. The van der Waals surface area contributed by atoms with Crippen LogP contribution in [0.25, 0.3) is 5.69 Å². The molecule has 1 N–H and O–H groups in total. The molecule has 0 saturated carbocycles. The lowest BCUT2D eigenvalue weighted by atomic mass is 10.2. The van der Waals surface area contributed by atoms with Crippen molar-refractivity contribution >= 4 is 23.3 Å². The molecular weight excluding hydrogens is 354 g/mol. The summed E-state index contributed by atoms with van der Waals surface area (Å²) in [5.41, 5.74) is 9.04. The van der Waals surface area contributed by atoms with Gasteiger partial charge in [-0.2, -0.15) is 0 Å². The van der Waals surface area contributed by atoms with Gasteiger partial charge in [0.15, 0.2) is 0 Å². The molecule has 3 heteroatoms. The minimum atomic E-state index is 0.934. The normalized spacial score (nSPS) is 11.1. The first kappa shape index (κ1) is 18.8. The summed E-state index contributed by atoms with van der Waals surface area (Å²) in [5.74, 6) is 0. The molecule has 0 saturated heterocycles. The van der Waals surface area contributed by atoms with Crippen molar-refractivity contribution in [3.63, 3.8) is 0 Å². The average Bonchev–Trinajstić information content (AvgIpc) is 3.01. The van der Waals surface area contributed by atoms with E-state index in [1.165, 1.54) is 22.6 Å². The van der Waals surface area contributed by atoms with Crippen molar-refractivity contribution in [1.29, 1.82) is 0 Å². The van der Waals surface area contributed by atoms with E-state index in [2.05, 4.69) is 90.2 Å². The SMILES string of the molecule is Cc1cccc(-n2c(C)cc(C=Nc3ccc(Nc4ccccc4)cc3)c2C)c1. The highest BCUT2D eigenvalue weighted by atomic mass is 15.0. The zero-order valence-electron chi connectivity index (χ0n) is 17.1. The van der Waals surface area contributed by atoms with Gasteiger partial charge in [-0.15, -0.1) is 0 Å². The lowest BCUT2D eigenvalue weighted by Crippen LogP contribution is -1.99. The molecule has 0 fully saturated rings. The van der Waals surface area contributed by atoms with Crippen LogP contribution in [-0.2, 0) is 0 Å². The van der Waals surface area contributed by atoms with E-state index in [1.807, 2.05) is 36.5 Å². The third-order valence-electron chi connectivity index (χ3n) is 5.01. The molecule has 0 unspecified atom stereocenters. The van der Waals surface area contributed by atoms with E-state index in [9.17, 15) is 0 Å². The molecule has 0 radical (unpaired) electrons. The molecule has 1 aromatic heterocycles. The van der Waals surface area contributed by atoms with Crippen LogP contribution in [0.1, 0.15) is 22.5 Å². The van der Waals surface area contributed by atoms with Crippen molar-refractivity contribution in [3.05, 3.63) is 107 Å². The molecule has 4 aromatic rings. The summed E-state index contributed by atoms with van der Waals surface area (Å²) in [6.07, 6.45) is 1.95. The average molecular weight is 380 g/mol. The van der Waals surface area contributed by atoms with E-state index in [1.54, 1.807) is 0 Å². The predicted octanol–water partition coefficient (Wildman–Crippen LogP) is 6.90. The van der Waals surface area contributed by atoms with Gasteiger partial charge in [0.2, 0.25) is 0 Å². The maximum Gasteiger partial charge on any atom is 0.0631 e. The Morgan fingerprint density at radius 2 is 1.48 bits per heavy atom. The Balaban J connectivity index is 1.53. The van der Waals surface area contributed by atoms with E-state index in [4.69, 9.17) is 0 Å². The van der Waals surface area contributed by atoms with Crippen LogP contribution in [0.2, 0.25) is 0 Å². The number of nitrogens with one attached hydrogen (secondary N) is 1. The first-order chi connectivity index (χ1) is 14.1. The smallest absolute Gasteiger partial charge is 0.0631 e. The van der Waals surface area contributed by atoms with Crippen molar-refractivity contribution < 1.29 is 0 Å². The Kier molecular flexibility index (Phi) is 5.30. The molecule has 0 amide bonds. The molecule has 4 rings (SSSR count). The lowest BCUT2D eigenvalue weighted by molar-refractivity contribution is 0.963. The van der Waals surface area contributed by atoms with Gasteiger partial charge in [-0.05, 0) is 80.9 Å². The first-order valence-corrected chi connectivity index (χ1v) is 9.82. The number of hydrogen-bond donors (Lipinski definition) is 1. The topological polar surface area (TPSA) is 29.3 Å². The van der Waals surface area contributed by atoms with Crippen molar-refractivity contribution in [3.8, 4) is 5.69 Å². The Morgan fingerprint density at radius 3 is 2.21 bits per heavy atom. The number of nitrogens with zero attached hydrogens (tertiary/aromatic N) is 2. The van der Waals surface area contributed by atoms with Gasteiger partial charge in [-0.25, -0.2) is 0 Å². The monoisotopic (exact) mass is 379 g/mol. The van der Waals surface area contributed by atoms with Gasteiger partial charge in [0, 0.05) is 40.2 Å². The maximum atomic E-state index is 4.69. The zero-order valence-corrected chi connectivity index (χ0v) is 17.1. The van der Waals surface area contributed by atoms with Gasteiger partial charge in [0.25, 0.3) is 0 Å². The summed E-state index contributed by atoms with van der Waals surface area (Å²) < 4.78 is 2.28. The predicted molar refractivity (Wildman–Crippen MR) is 123 cm³/mol. The second-order valence-electron chi connectivity index (χ2n) is 7.30. The Morgan fingerprint density at radius 1 is 0.759 bits per heavy atom. The summed E-state index contributed by atoms with van der Waals surface area (Å²) in [6, 6.07) is 29.1. The molecule has 0 atom stereocenters. The van der Waals surface area contributed by atoms with Crippen LogP contribution >= 0.6 is 0 Å². The van der Waals surface area contributed by atoms with Crippen LogP contribution in [0.5, 0.6) is 0 Å². The fourth-order valence-corrected chi connectivity index (χ4v) is 3.55. The molecule has 0 aliphatic rings. The molecule has 0 aliphatic heterocycles. The summed E-state index contributed by atoms with van der Waals surface area (Å²) >= 11 is 0. The van der Waals surface area contributed by atoms with Crippen LogP contribution in [0, 0.1) is 20.8 Å². The number of rotatable bonds is 5.